The number of aromatic nitrogens is 1. The average molecular weight is 322 g/mol. The van der Waals surface area contributed by atoms with Crippen molar-refractivity contribution >= 4 is 21.9 Å². The number of rotatable bonds is 3. The van der Waals surface area contributed by atoms with Gasteiger partial charge in [0.2, 0.25) is 0 Å². The van der Waals surface area contributed by atoms with Gasteiger partial charge in [-0.1, -0.05) is 22.0 Å². The molecule has 0 aliphatic carbocycles. The smallest absolute Gasteiger partial charge is 0.352 e. The van der Waals surface area contributed by atoms with Gasteiger partial charge in [-0.15, -0.1) is 0 Å². The van der Waals surface area contributed by atoms with E-state index in [0.29, 0.717) is 5.69 Å². The Labute approximate surface area is 121 Å². The maximum absolute atomic E-state index is 11.3. The van der Waals surface area contributed by atoms with Gasteiger partial charge in [-0.2, -0.15) is 0 Å². The third-order valence-electron chi connectivity index (χ3n) is 3.12. The summed E-state index contributed by atoms with van der Waals surface area (Å²) >= 11 is 3.44. The first kappa shape index (κ1) is 13.9. The molecule has 1 N–H and O–H groups in total. The molecule has 1 heterocycles. The van der Waals surface area contributed by atoms with Gasteiger partial charge in [0.25, 0.3) is 0 Å². The van der Waals surface area contributed by atoms with Gasteiger partial charge in [-0.3, -0.25) is 0 Å². The van der Waals surface area contributed by atoms with Crippen LogP contribution in [-0.2, 0) is 0 Å². The largest absolute Gasteiger partial charge is 0.477 e. The quantitative estimate of drug-likeness (QED) is 0.904. The summed E-state index contributed by atoms with van der Waals surface area (Å²) < 4.78 is 2.88. The fourth-order valence-electron chi connectivity index (χ4n) is 2.31. The lowest BCUT2D eigenvalue weighted by molar-refractivity contribution is 0.0683. The Hall–Kier alpha value is -1.55. The third kappa shape index (κ3) is 2.59. The van der Waals surface area contributed by atoms with E-state index in [1.165, 1.54) is 0 Å². The van der Waals surface area contributed by atoms with Crippen molar-refractivity contribution in [1.82, 2.24) is 4.57 Å². The fourth-order valence-corrected chi connectivity index (χ4v) is 2.79. The summed E-state index contributed by atoms with van der Waals surface area (Å²) in [5.41, 5.74) is 3.44. The number of benzene rings is 1. The summed E-state index contributed by atoms with van der Waals surface area (Å²) in [7, 11) is 0. The van der Waals surface area contributed by atoms with Crippen LogP contribution in [0.5, 0.6) is 0 Å². The van der Waals surface area contributed by atoms with Crippen LogP contribution in [-0.4, -0.2) is 15.6 Å². The first-order valence-corrected chi connectivity index (χ1v) is 6.92. The van der Waals surface area contributed by atoms with Crippen molar-refractivity contribution in [3.63, 3.8) is 0 Å². The summed E-state index contributed by atoms with van der Waals surface area (Å²) in [4.78, 5) is 11.3. The number of hydrogen-bond acceptors (Lipinski definition) is 1. The molecule has 100 valence electrons. The Morgan fingerprint density at radius 3 is 2.47 bits per heavy atom. The highest BCUT2D eigenvalue weighted by molar-refractivity contribution is 9.10. The number of hydrogen-bond donors (Lipinski definition) is 1. The van der Waals surface area contributed by atoms with Crippen molar-refractivity contribution in [2.24, 2.45) is 0 Å². The molecule has 0 saturated carbocycles. The Kier molecular flexibility index (Phi) is 3.80. The fraction of sp³-hybridized carbons (Fsp3) is 0.267. The zero-order chi connectivity index (χ0) is 14.2. The minimum Gasteiger partial charge on any atom is -0.477 e. The second kappa shape index (κ2) is 5.21. The van der Waals surface area contributed by atoms with Crippen molar-refractivity contribution in [1.29, 1.82) is 0 Å². The Morgan fingerprint density at radius 2 is 1.95 bits per heavy atom. The van der Waals surface area contributed by atoms with E-state index in [2.05, 4.69) is 15.9 Å². The van der Waals surface area contributed by atoms with E-state index in [1.807, 2.05) is 49.6 Å². The highest BCUT2D eigenvalue weighted by atomic mass is 79.9. The van der Waals surface area contributed by atoms with Gasteiger partial charge in [0.15, 0.2) is 0 Å². The molecule has 0 unspecified atom stereocenters. The van der Waals surface area contributed by atoms with Gasteiger partial charge in [-0.05, 0) is 50.6 Å². The zero-order valence-corrected chi connectivity index (χ0v) is 12.7. The predicted molar refractivity (Wildman–Crippen MR) is 79.6 cm³/mol. The van der Waals surface area contributed by atoms with Gasteiger partial charge < -0.3 is 9.67 Å². The van der Waals surface area contributed by atoms with Crippen molar-refractivity contribution < 1.29 is 9.90 Å². The van der Waals surface area contributed by atoms with Crippen LogP contribution < -0.4 is 0 Å². The maximum atomic E-state index is 11.3. The Morgan fingerprint density at radius 1 is 1.26 bits per heavy atom. The zero-order valence-electron chi connectivity index (χ0n) is 11.1. The van der Waals surface area contributed by atoms with E-state index in [0.717, 1.165) is 21.3 Å². The summed E-state index contributed by atoms with van der Waals surface area (Å²) in [6.07, 6.45) is 0. The third-order valence-corrected chi connectivity index (χ3v) is 3.61. The minimum atomic E-state index is -0.894. The van der Waals surface area contributed by atoms with Crippen molar-refractivity contribution in [3.8, 4) is 11.3 Å². The molecule has 1 aromatic heterocycles. The van der Waals surface area contributed by atoms with Crippen LogP contribution in [0.15, 0.2) is 34.8 Å². The van der Waals surface area contributed by atoms with Gasteiger partial charge in [-0.25, -0.2) is 4.79 Å². The number of carboxylic acids is 1. The standard InChI is InChI=1S/C15H16BrNO2/c1-9(2)17-13(6-7-14(17)15(18)19)12-5-4-11(16)8-10(12)3/h4-9H,1-3H3,(H,18,19). The lowest BCUT2D eigenvalue weighted by atomic mass is 10.1. The van der Waals surface area contributed by atoms with E-state index in [1.54, 1.807) is 6.07 Å². The molecular formula is C15H16BrNO2. The molecule has 19 heavy (non-hydrogen) atoms. The molecular weight excluding hydrogens is 306 g/mol. The van der Waals surface area contributed by atoms with Crippen molar-refractivity contribution in [2.75, 3.05) is 0 Å². The molecule has 0 bridgehead atoms. The normalized spacial score (nSPS) is 11.0. The van der Waals surface area contributed by atoms with Crippen LogP contribution in [0.4, 0.5) is 0 Å². The second-order valence-corrected chi connectivity index (χ2v) is 5.75. The molecule has 4 heteroatoms. The van der Waals surface area contributed by atoms with Gasteiger partial charge >= 0.3 is 5.97 Å². The van der Waals surface area contributed by atoms with E-state index < -0.39 is 5.97 Å². The van der Waals surface area contributed by atoms with Gasteiger partial charge in [0, 0.05) is 21.8 Å². The summed E-state index contributed by atoms with van der Waals surface area (Å²) in [6.45, 7) is 6.01. The van der Waals surface area contributed by atoms with Gasteiger partial charge in [0.1, 0.15) is 5.69 Å². The maximum Gasteiger partial charge on any atom is 0.352 e. The molecule has 2 rings (SSSR count). The molecule has 3 nitrogen and oxygen atoms in total. The Balaban J connectivity index is 2.65. The van der Waals surface area contributed by atoms with E-state index in [4.69, 9.17) is 0 Å². The average Bonchev–Trinajstić information content (AvgIpc) is 2.73. The number of carboxylic acid groups (broad SMARTS) is 1. The highest BCUT2D eigenvalue weighted by Gasteiger charge is 2.18. The highest BCUT2D eigenvalue weighted by Crippen LogP contribution is 2.30. The minimum absolute atomic E-state index is 0.0964. The van der Waals surface area contributed by atoms with E-state index in [-0.39, 0.29) is 6.04 Å². The van der Waals surface area contributed by atoms with Gasteiger partial charge in [0.05, 0.1) is 0 Å². The molecule has 0 aliphatic rings. The molecule has 1 aromatic carbocycles. The van der Waals surface area contributed by atoms with Crippen LogP contribution in [0.3, 0.4) is 0 Å². The van der Waals surface area contributed by atoms with Crippen LogP contribution >= 0.6 is 15.9 Å². The van der Waals surface area contributed by atoms with E-state index >= 15 is 0 Å². The first-order valence-electron chi connectivity index (χ1n) is 6.13. The van der Waals surface area contributed by atoms with E-state index in [9.17, 15) is 9.90 Å². The topological polar surface area (TPSA) is 42.2 Å². The summed E-state index contributed by atoms with van der Waals surface area (Å²) in [5, 5.41) is 9.26. The van der Waals surface area contributed by atoms with Crippen LogP contribution in [0.1, 0.15) is 35.9 Å². The first-order chi connectivity index (χ1) is 8.91. The predicted octanol–water partition coefficient (Wildman–Crippen LogP) is 4.51. The van der Waals surface area contributed by atoms with Crippen molar-refractivity contribution in [2.45, 2.75) is 26.8 Å². The number of aromatic carboxylic acids is 1. The molecule has 0 atom stereocenters. The van der Waals surface area contributed by atoms with Crippen LogP contribution in [0.25, 0.3) is 11.3 Å². The molecule has 2 aromatic rings. The number of halogens is 1. The molecule has 0 aliphatic heterocycles. The summed E-state index contributed by atoms with van der Waals surface area (Å²) in [6, 6.07) is 9.66. The molecule has 0 radical (unpaired) electrons. The lowest BCUT2D eigenvalue weighted by Crippen LogP contribution is -2.11. The van der Waals surface area contributed by atoms with Crippen LogP contribution in [0, 0.1) is 6.92 Å². The molecule has 0 fully saturated rings. The van der Waals surface area contributed by atoms with Crippen LogP contribution in [0.2, 0.25) is 0 Å². The molecule has 0 spiro atoms. The van der Waals surface area contributed by atoms with Crippen molar-refractivity contribution in [3.05, 3.63) is 46.1 Å². The summed E-state index contributed by atoms with van der Waals surface area (Å²) in [5.74, 6) is -0.894. The lowest BCUT2D eigenvalue weighted by Gasteiger charge is -2.17. The number of aryl methyl sites for hydroxylation is 1. The number of carbonyl (C=O) groups is 1. The SMILES string of the molecule is Cc1cc(Br)ccc1-c1ccc(C(=O)O)n1C(C)C. The number of nitrogens with zero attached hydrogens (tertiary/aromatic N) is 1. The molecule has 0 amide bonds. The molecule has 0 saturated heterocycles. The Bertz CT molecular complexity index is 629. The second-order valence-electron chi connectivity index (χ2n) is 4.83. The monoisotopic (exact) mass is 321 g/mol.